The van der Waals surface area contributed by atoms with Crippen LogP contribution >= 0.6 is 0 Å². The lowest BCUT2D eigenvalue weighted by Gasteiger charge is -2.34. The molecule has 25 heavy (non-hydrogen) atoms. The molecule has 0 radical (unpaired) electrons. The van der Waals surface area contributed by atoms with Gasteiger partial charge in [0.15, 0.2) is 11.5 Å². The number of likely N-dealkylation sites (tertiary alicyclic amines) is 1. The van der Waals surface area contributed by atoms with Gasteiger partial charge in [-0.15, -0.1) is 0 Å². The Bertz CT molecular complexity index is 607. The number of hydrogen-bond acceptors (Lipinski definition) is 5. The molecule has 0 bridgehead atoms. The molecule has 2 rings (SSSR count). The van der Waals surface area contributed by atoms with Crippen molar-refractivity contribution in [2.75, 3.05) is 33.2 Å². The second-order valence-electron chi connectivity index (χ2n) is 5.92. The first-order valence-electron chi connectivity index (χ1n) is 8.47. The standard InChI is InChI=1S/C18H26N2O5/c1-5-13-8-6-7-9-20(13)18(22)17(21)19-12-10-14(23-2)16(25-4)15(11-12)24-3/h10-11,13H,5-9H2,1-4H3,(H,19,21). The Morgan fingerprint density at radius 1 is 1.12 bits per heavy atom. The second kappa shape index (κ2) is 8.60. The summed E-state index contributed by atoms with van der Waals surface area (Å²) in [6.45, 7) is 2.66. The van der Waals surface area contributed by atoms with Crippen LogP contribution in [-0.2, 0) is 9.59 Å². The quantitative estimate of drug-likeness (QED) is 0.826. The highest BCUT2D eigenvalue weighted by Crippen LogP contribution is 2.39. The van der Waals surface area contributed by atoms with E-state index < -0.39 is 11.8 Å². The SMILES string of the molecule is CCC1CCCCN1C(=O)C(=O)Nc1cc(OC)c(OC)c(OC)c1. The molecule has 1 fully saturated rings. The Labute approximate surface area is 148 Å². The maximum absolute atomic E-state index is 12.5. The molecule has 1 atom stereocenters. The molecule has 1 aliphatic heterocycles. The minimum absolute atomic E-state index is 0.131. The van der Waals surface area contributed by atoms with Gasteiger partial charge in [-0.25, -0.2) is 0 Å². The lowest BCUT2D eigenvalue weighted by atomic mass is 10.00. The van der Waals surface area contributed by atoms with Crippen LogP contribution in [0.15, 0.2) is 12.1 Å². The number of carbonyl (C=O) groups excluding carboxylic acids is 2. The number of nitrogens with zero attached hydrogens (tertiary/aromatic N) is 1. The zero-order valence-electron chi connectivity index (χ0n) is 15.3. The first-order chi connectivity index (χ1) is 12.0. The van der Waals surface area contributed by atoms with Crippen molar-refractivity contribution in [3.05, 3.63) is 12.1 Å². The predicted molar refractivity (Wildman–Crippen MR) is 94.4 cm³/mol. The number of methoxy groups -OCH3 is 3. The summed E-state index contributed by atoms with van der Waals surface area (Å²) in [5.41, 5.74) is 0.415. The third-order valence-corrected chi connectivity index (χ3v) is 4.48. The van der Waals surface area contributed by atoms with Crippen molar-refractivity contribution >= 4 is 17.5 Å². The predicted octanol–water partition coefficient (Wildman–Crippen LogP) is 2.44. The van der Waals surface area contributed by atoms with Gasteiger partial charge in [-0.3, -0.25) is 9.59 Å². The molecule has 1 saturated heterocycles. The molecule has 138 valence electrons. The van der Waals surface area contributed by atoms with E-state index in [0.29, 0.717) is 29.5 Å². The highest BCUT2D eigenvalue weighted by Gasteiger charge is 2.30. The van der Waals surface area contributed by atoms with E-state index in [-0.39, 0.29) is 6.04 Å². The zero-order valence-corrected chi connectivity index (χ0v) is 15.3. The summed E-state index contributed by atoms with van der Waals surface area (Å²) in [4.78, 5) is 26.6. The molecule has 1 N–H and O–H groups in total. The van der Waals surface area contributed by atoms with Gasteiger partial charge in [0.05, 0.1) is 21.3 Å². The third-order valence-electron chi connectivity index (χ3n) is 4.48. The fourth-order valence-electron chi connectivity index (χ4n) is 3.16. The molecule has 1 aromatic rings. The largest absolute Gasteiger partial charge is 0.493 e. The fourth-order valence-corrected chi connectivity index (χ4v) is 3.16. The van der Waals surface area contributed by atoms with Crippen LogP contribution in [-0.4, -0.2) is 50.6 Å². The number of hydrogen-bond donors (Lipinski definition) is 1. The molecule has 1 unspecified atom stereocenters. The van der Waals surface area contributed by atoms with Crippen LogP contribution < -0.4 is 19.5 Å². The summed E-state index contributed by atoms with van der Waals surface area (Å²) in [5, 5.41) is 2.64. The van der Waals surface area contributed by atoms with Crippen molar-refractivity contribution in [1.82, 2.24) is 4.90 Å². The van der Waals surface area contributed by atoms with E-state index in [4.69, 9.17) is 14.2 Å². The van der Waals surface area contributed by atoms with Crippen LogP contribution in [0.3, 0.4) is 0 Å². The molecule has 0 aliphatic carbocycles. The summed E-state index contributed by atoms with van der Waals surface area (Å²) in [5.74, 6) is 0.0920. The lowest BCUT2D eigenvalue weighted by molar-refractivity contribution is -0.145. The smallest absolute Gasteiger partial charge is 0.313 e. The average molecular weight is 350 g/mol. The summed E-state index contributed by atoms with van der Waals surface area (Å²) in [6, 6.07) is 3.33. The Morgan fingerprint density at radius 2 is 1.76 bits per heavy atom. The maximum Gasteiger partial charge on any atom is 0.313 e. The second-order valence-corrected chi connectivity index (χ2v) is 5.92. The van der Waals surface area contributed by atoms with Crippen molar-refractivity contribution in [3.8, 4) is 17.2 Å². The monoisotopic (exact) mass is 350 g/mol. The van der Waals surface area contributed by atoms with E-state index in [1.165, 1.54) is 21.3 Å². The number of rotatable bonds is 5. The topological polar surface area (TPSA) is 77.1 Å². The van der Waals surface area contributed by atoms with Crippen LogP contribution in [0, 0.1) is 0 Å². The Kier molecular flexibility index (Phi) is 6.50. The highest BCUT2D eigenvalue weighted by atomic mass is 16.5. The summed E-state index contributed by atoms with van der Waals surface area (Å²) >= 11 is 0. The molecular weight excluding hydrogens is 324 g/mol. The van der Waals surface area contributed by atoms with E-state index in [0.717, 1.165) is 25.7 Å². The van der Waals surface area contributed by atoms with Gasteiger partial charge in [-0.1, -0.05) is 6.92 Å². The minimum Gasteiger partial charge on any atom is -0.493 e. The van der Waals surface area contributed by atoms with Crippen molar-refractivity contribution in [2.24, 2.45) is 0 Å². The van der Waals surface area contributed by atoms with E-state index in [9.17, 15) is 9.59 Å². The van der Waals surface area contributed by atoms with E-state index in [2.05, 4.69) is 5.32 Å². The van der Waals surface area contributed by atoms with Gasteiger partial charge in [-0.2, -0.15) is 0 Å². The van der Waals surface area contributed by atoms with Gasteiger partial charge < -0.3 is 24.4 Å². The van der Waals surface area contributed by atoms with Crippen molar-refractivity contribution < 1.29 is 23.8 Å². The first-order valence-corrected chi connectivity index (χ1v) is 8.47. The molecular formula is C18H26N2O5. The highest BCUT2D eigenvalue weighted by molar-refractivity contribution is 6.39. The van der Waals surface area contributed by atoms with Crippen molar-refractivity contribution in [1.29, 1.82) is 0 Å². The maximum atomic E-state index is 12.5. The number of amides is 2. The van der Waals surface area contributed by atoms with Crippen LogP contribution in [0.1, 0.15) is 32.6 Å². The molecule has 1 aliphatic rings. The number of benzene rings is 1. The summed E-state index contributed by atoms with van der Waals surface area (Å²) in [7, 11) is 4.49. The normalized spacial score (nSPS) is 17.0. The Balaban J connectivity index is 2.18. The van der Waals surface area contributed by atoms with Gasteiger partial charge in [0.1, 0.15) is 0 Å². The van der Waals surface area contributed by atoms with Gasteiger partial charge in [0.2, 0.25) is 5.75 Å². The number of carbonyl (C=O) groups is 2. The number of nitrogens with one attached hydrogen (secondary N) is 1. The van der Waals surface area contributed by atoms with E-state index in [1.54, 1.807) is 17.0 Å². The summed E-state index contributed by atoms with van der Waals surface area (Å²) in [6.07, 6.45) is 3.82. The molecule has 1 heterocycles. The van der Waals surface area contributed by atoms with Gasteiger partial charge >= 0.3 is 11.8 Å². The Hall–Kier alpha value is -2.44. The van der Waals surface area contributed by atoms with Crippen molar-refractivity contribution in [3.63, 3.8) is 0 Å². The van der Waals surface area contributed by atoms with E-state index in [1.807, 2.05) is 6.92 Å². The minimum atomic E-state index is -0.658. The molecule has 7 heteroatoms. The molecule has 0 spiro atoms. The molecule has 1 aromatic carbocycles. The fraction of sp³-hybridized carbons (Fsp3) is 0.556. The number of piperidine rings is 1. The van der Waals surface area contributed by atoms with Gasteiger partial charge in [-0.05, 0) is 25.7 Å². The average Bonchev–Trinajstić information content (AvgIpc) is 2.66. The molecule has 0 aromatic heterocycles. The zero-order chi connectivity index (χ0) is 18.4. The van der Waals surface area contributed by atoms with Crippen molar-refractivity contribution in [2.45, 2.75) is 38.6 Å². The lowest BCUT2D eigenvalue weighted by Crippen LogP contribution is -2.48. The molecule has 7 nitrogen and oxygen atoms in total. The van der Waals surface area contributed by atoms with E-state index >= 15 is 0 Å². The number of ether oxygens (including phenoxy) is 3. The molecule has 0 saturated carbocycles. The molecule has 2 amide bonds. The summed E-state index contributed by atoms with van der Waals surface area (Å²) < 4.78 is 15.8. The third kappa shape index (κ3) is 4.15. The Morgan fingerprint density at radius 3 is 2.28 bits per heavy atom. The van der Waals surface area contributed by atoms with Crippen LogP contribution in [0.25, 0.3) is 0 Å². The van der Waals surface area contributed by atoms with Gasteiger partial charge in [0.25, 0.3) is 0 Å². The number of anilines is 1. The first kappa shape index (κ1) is 18.9. The van der Waals surface area contributed by atoms with Gasteiger partial charge in [0, 0.05) is 30.4 Å². The van der Waals surface area contributed by atoms with Crippen LogP contribution in [0.5, 0.6) is 17.2 Å². The van der Waals surface area contributed by atoms with Crippen LogP contribution in [0.4, 0.5) is 5.69 Å². The van der Waals surface area contributed by atoms with Crippen LogP contribution in [0.2, 0.25) is 0 Å².